The predicted molar refractivity (Wildman–Crippen MR) is 70.2 cm³/mol. The molecule has 0 bridgehead atoms. The molecule has 0 saturated carbocycles. The van der Waals surface area contributed by atoms with Crippen molar-refractivity contribution < 1.29 is 4.79 Å². The average Bonchev–Trinajstić information content (AvgIpc) is 2.92. The molecule has 2 nitrogen and oxygen atoms in total. The number of amides is 1. The van der Waals surface area contributed by atoms with Gasteiger partial charge in [-0.3, -0.25) is 4.79 Å². The molecule has 0 fully saturated rings. The second kappa shape index (κ2) is 3.10. The second-order valence-corrected chi connectivity index (χ2v) is 4.73. The summed E-state index contributed by atoms with van der Waals surface area (Å²) >= 11 is 0. The fourth-order valence-electron chi connectivity index (χ4n) is 2.99. The van der Waals surface area contributed by atoms with Crippen molar-refractivity contribution in [3.63, 3.8) is 0 Å². The van der Waals surface area contributed by atoms with Crippen LogP contribution in [0.4, 0.5) is 0 Å². The lowest BCUT2D eigenvalue weighted by molar-refractivity contribution is 0.0950. The number of hydrogen-bond donors (Lipinski definition) is 1. The van der Waals surface area contributed by atoms with Crippen LogP contribution in [0.5, 0.6) is 0 Å². The van der Waals surface area contributed by atoms with Crippen LogP contribution in [0.1, 0.15) is 27.0 Å². The van der Waals surface area contributed by atoms with Gasteiger partial charge in [0.25, 0.3) is 5.91 Å². The van der Waals surface area contributed by atoms with E-state index in [2.05, 4.69) is 29.6 Å². The lowest BCUT2D eigenvalue weighted by atomic mass is 9.85. The third-order valence-electron chi connectivity index (χ3n) is 3.81. The van der Waals surface area contributed by atoms with Crippen molar-refractivity contribution >= 4 is 12.0 Å². The zero-order chi connectivity index (χ0) is 12.2. The zero-order valence-electron chi connectivity index (χ0n) is 9.68. The first-order valence-electron chi connectivity index (χ1n) is 6.02. The van der Waals surface area contributed by atoms with Crippen LogP contribution in [-0.4, -0.2) is 5.91 Å². The van der Waals surface area contributed by atoms with Crippen LogP contribution in [0.15, 0.2) is 54.6 Å². The molecule has 4 rings (SSSR count). The summed E-state index contributed by atoms with van der Waals surface area (Å²) in [6.45, 7) is 0. The molecular formula is C16H11NO. The Balaban J connectivity index is 2.04. The number of carbonyl (C=O) groups is 1. The van der Waals surface area contributed by atoms with E-state index in [9.17, 15) is 4.79 Å². The van der Waals surface area contributed by atoms with Crippen molar-refractivity contribution in [3.05, 3.63) is 76.9 Å². The number of benzene rings is 2. The molecule has 0 saturated heterocycles. The fourth-order valence-corrected chi connectivity index (χ4v) is 2.99. The molecule has 1 N–H and O–H groups in total. The van der Waals surface area contributed by atoms with Crippen LogP contribution < -0.4 is 5.32 Å². The number of rotatable bonds is 0. The van der Waals surface area contributed by atoms with Gasteiger partial charge in [0, 0.05) is 5.56 Å². The standard InChI is InChI=1S/C16H11NO/c18-15-12-6-2-4-8-14(12)16(17-15)10-9-11-5-1-3-7-13(11)16/h1-10H,(H,17,18). The van der Waals surface area contributed by atoms with Gasteiger partial charge in [-0.2, -0.15) is 0 Å². The predicted octanol–water partition coefficient (Wildman–Crippen LogP) is 2.70. The molecule has 2 aromatic rings. The van der Waals surface area contributed by atoms with Gasteiger partial charge >= 0.3 is 0 Å². The summed E-state index contributed by atoms with van der Waals surface area (Å²) in [7, 11) is 0. The Morgan fingerprint density at radius 1 is 0.889 bits per heavy atom. The van der Waals surface area contributed by atoms with Crippen LogP contribution in [0.25, 0.3) is 6.08 Å². The Bertz CT molecular complexity index is 702. The molecule has 2 aromatic carbocycles. The van der Waals surface area contributed by atoms with Crippen molar-refractivity contribution in [3.8, 4) is 0 Å². The number of carbonyl (C=O) groups excluding carboxylic acids is 1. The van der Waals surface area contributed by atoms with Crippen LogP contribution in [0.2, 0.25) is 0 Å². The van der Waals surface area contributed by atoms with Crippen molar-refractivity contribution in [1.29, 1.82) is 0 Å². The maximum Gasteiger partial charge on any atom is 0.252 e. The Labute approximate surface area is 105 Å². The van der Waals surface area contributed by atoms with Gasteiger partial charge in [0.05, 0.1) is 0 Å². The molecular weight excluding hydrogens is 222 g/mol. The Hall–Kier alpha value is -2.35. The van der Waals surface area contributed by atoms with Crippen LogP contribution >= 0.6 is 0 Å². The van der Waals surface area contributed by atoms with Gasteiger partial charge in [0.1, 0.15) is 5.54 Å². The summed E-state index contributed by atoms with van der Waals surface area (Å²) in [4.78, 5) is 12.1. The van der Waals surface area contributed by atoms with E-state index in [1.165, 1.54) is 5.56 Å². The molecule has 1 unspecified atom stereocenters. The molecule has 0 radical (unpaired) electrons. The summed E-state index contributed by atoms with van der Waals surface area (Å²) in [6, 6.07) is 16.0. The maximum absolute atomic E-state index is 12.1. The summed E-state index contributed by atoms with van der Waals surface area (Å²) < 4.78 is 0. The average molecular weight is 233 g/mol. The highest BCUT2D eigenvalue weighted by Gasteiger charge is 2.44. The van der Waals surface area contributed by atoms with E-state index in [1.54, 1.807) is 0 Å². The van der Waals surface area contributed by atoms with Crippen molar-refractivity contribution in [2.75, 3.05) is 0 Å². The van der Waals surface area contributed by atoms with Crippen molar-refractivity contribution in [1.82, 2.24) is 5.32 Å². The molecule has 1 aliphatic heterocycles. The molecule has 1 atom stereocenters. The summed E-state index contributed by atoms with van der Waals surface area (Å²) in [5.74, 6) is 0.00644. The first-order chi connectivity index (χ1) is 8.81. The van der Waals surface area contributed by atoms with E-state index in [0.717, 1.165) is 16.7 Å². The molecule has 2 heteroatoms. The van der Waals surface area contributed by atoms with Gasteiger partial charge in [0.15, 0.2) is 0 Å². The number of nitrogens with one attached hydrogen (secondary N) is 1. The van der Waals surface area contributed by atoms with Crippen LogP contribution in [-0.2, 0) is 5.54 Å². The Kier molecular flexibility index (Phi) is 1.67. The fraction of sp³-hybridized carbons (Fsp3) is 0.0625. The maximum atomic E-state index is 12.1. The minimum atomic E-state index is -0.454. The first-order valence-corrected chi connectivity index (χ1v) is 6.02. The molecule has 1 spiro atoms. The largest absolute Gasteiger partial charge is 0.335 e. The van der Waals surface area contributed by atoms with Gasteiger partial charge in [-0.25, -0.2) is 0 Å². The molecule has 86 valence electrons. The SMILES string of the molecule is O=C1NC2(C=Cc3ccccc32)c2ccccc21. The third-order valence-corrected chi connectivity index (χ3v) is 3.81. The Morgan fingerprint density at radius 3 is 2.50 bits per heavy atom. The minimum Gasteiger partial charge on any atom is -0.335 e. The van der Waals surface area contributed by atoms with E-state index >= 15 is 0 Å². The van der Waals surface area contributed by atoms with Gasteiger partial charge in [0.2, 0.25) is 0 Å². The van der Waals surface area contributed by atoms with Crippen molar-refractivity contribution in [2.45, 2.75) is 5.54 Å². The topological polar surface area (TPSA) is 29.1 Å². The zero-order valence-corrected chi connectivity index (χ0v) is 9.68. The summed E-state index contributed by atoms with van der Waals surface area (Å²) in [6.07, 6.45) is 4.17. The second-order valence-electron chi connectivity index (χ2n) is 4.73. The van der Waals surface area contributed by atoms with E-state index in [-0.39, 0.29) is 5.91 Å². The lowest BCUT2D eigenvalue weighted by Crippen LogP contribution is -2.37. The third kappa shape index (κ3) is 1.00. The highest BCUT2D eigenvalue weighted by Crippen LogP contribution is 2.43. The summed E-state index contributed by atoms with van der Waals surface area (Å²) in [5, 5.41) is 3.13. The molecule has 1 heterocycles. The highest BCUT2D eigenvalue weighted by atomic mass is 16.2. The van der Waals surface area contributed by atoms with E-state index in [4.69, 9.17) is 0 Å². The number of fused-ring (bicyclic) bond motifs is 4. The van der Waals surface area contributed by atoms with Crippen molar-refractivity contribution in [2.24, 2.45) is 0 Å². The van der Waals surface area contributed by atoms with E-state index < -0.39 is 5.54 Å². The van der Waals surface area contributed by atoms with Gasteiger partial charge in [-0.05, 0) is 28.8 Å². The van der Waals surface area contributed by atoms with E-state index in [0.29, 0.717) is 0 Å². The number of hydrogen-bond acceptors (Lipinski definition) is 1. The lowest BCUT2D eigenvalue weighted by Gasteiger charge is -2.25. The smallest absolute Gasteiger partial charge is 0.252 e. The molecule has 1 amide bonds. The molecule has 18 heavy (non-hydrogen) atoms. The monoisotopic (exact) mass is 233 g/mol. The van der Waals surface area contributed by atoms with Crippen LogP contribution in [0, 0.1) is 0 Å². The molecule has 0 aromatic heterocycles. The molecule has 1 aliphatic carbocycles. The first kappa shape index (κ1) is 9.66. The minimum absolute atomic E-state index is 0.00644. The van der Waals surface area contributed by atoms with Crippen LogP contribution in [0.3, 0.4) is 0 Å². The van der Waals surface area contributed by atoms with Gasteiger partial charge in [-0.1, -0.05) is 48.5 Å². The quantitative estimate of drug-likeness (QED) is 0.744. The van der Waals surface area contributed by atoms with Gasteiger partial charge < -0.3 is 5.32 Å². The highest BCUT2D eigenvalue weighted by molar-refractivity contribution is 6.02. The normalized spacial score (nSPS) is 23.0. The van der Waals surface area contributed by atoms with Gasteiger partial charge in [-0.15, -0.1) is 0 Å². The summed E-state index contributed by atoms with van der Waals surface area (Å²) in [5.41, 5.74) is 3.71. The Morgan fingerprint density at radius 2 is 1.61 bits per heavy atom. The van der Waals surface area contributed by atoms with E-state index in [1.807, 2.05) is 36.4 Å². The molecule has 2 aliphatic rings.